The van der Waals surface area contributed by atoms with Gasteiger partial charge in [-0.2, -0.15) is 0 Å². The molecule has 44 heavy (non-hydrogen) atoms. The quantitative estimate of drug-likeness (QED) is 0.290. The van der Waals surface area contributed by atoms with Crippen molar-refractivity contribution in [3.8, 4) is 11.1 Å². The van der Waals surface area contributed by atoms with Crippen LogP contribution in [0.5, 0.6) is 0 Å². The first-order valence-electron chi connectivity index (χ1n) is 13.9. The van der Waals surface area contributed by atoms with Crippen LogP contribution in [-0.2, 0) is 14.5 Å². The van der Waals surface area contributed by atoms with E-state index >= 15 is 0 Å². The van der Waals surface area contributed by atoms with Gasteiger partial charge in [-0.3, -0.25) is 4.79 Å². The molecule has 236 valence electrons. The minimum Gasteiger partial charge on any atom is -0.442 e. The molecule has 13 heteroatoms. The van der Waals surface area contributed by atoms with Crippen molar-refractivity contribution < 1.29 is 36.1 Å². The molecule has 3 aromatic rings. The van der Waals surface area contributed by atoms with Crippen LogP contribution in [0.15, 0.2) is 57.9 Å². The fourth-order valence-corrected chi connectivity index (χ4v) is 5.97. The molecule has 0 saturated carbocycles. The Hall–Kier alpha value is -4.00. The first-order chi connectivity index (χ1) is 20.5. The van der Waals surface area contributed by atoms with Crippen molar-refractivity contribution in [3.63, 3.8) is 0 Å². The van der Waals surface area contributed by atoms with Gasteiger partial charge < -0.3 is 15.0 Å². The van der Waals surface area contributed by atoms with Crippen LogP contribution in [0.25, 0.3) is 11.1 Å². The van der Waals surface area contributed by atoms with Crippen molar-refractivity contribution in [1.82, 2.24) is 4.98 Å². The highest BCUT2D eigenvalue weighted by atomic mass is 32.2. The van der Waals surface area contributed by atoms with Crippen LogP contribution in [-0.4, -0.2) is 52.1 Å². The normalized spacial score (nSPS) is 16.4. The smallest absolute Gasteiger partial charge is 0.442 e. The topological polar surface area (TPSA) is 101 Å². The van der Waals surface area contributed by atoms with E-state index in [0.29, 0.717) is 0 Å². The Bertz CT molecular complexity index is 1690. The van der Waals surface area contributed by atoms with Crippen LogP contribution in [0.1, 0.15) is 56.0 Å². The standard InChI is InChI=1S/C31H34F4N4O4S/c1-19-22(26-23(32)11-7-12-24(26)33)18-36-27(39-15-8-13-31(34,35)14-16-39)25(19)28(40)37-20-9-6-10-21(17-20)44(5,42)38-29(41)43-30(2,3)4/h6-7,9-12,17-18H,8,13-16H2,1-5H3,(H,37,40). The molecule has 2 amide bonds. The van der Waals surface area contributed by atoms with Crippen LogP contribution in [0.4, 0.5) is 33.9 Å². The number of carbonyl (C=O) groups excluding carboxylic acids is 2. The Morgan fingerprint density at radius 2 is 1.73 bits per heavy atom. The largest absolute Gasteiger partial charge is 0.442 e. The average Bonchev–Trinajstić information content (AvgIpc) is 3.08. The van der Waals surface area contributed by atoms with Gasteiger partial charge in [-0.1, -0.05) is 12.1 Å². The molecule has 1 aliphatic rings. The number of benzene rings is 2. The molecule has 1 aliphatic heterocycles. The minimum absolute atomic E-state index is 0.0242. The lowest BCUT2D eigenvalue weighted by atomic mass is 9.96. The monoisotopic (exact) mass is 634 g/mol. The minimum atomic E-state index is -3.28. The van der Waals surface area contributed by atoms with Crippen molar-refractivity contribution in [1.29, 1.82) is 0 Å². The van der Waals surface area contributed by atoms with E-state index in [4.69, 9.17) is 4.74 Å². The summed E-state index contributed by atoms with van der Waals surface area (Å²) in [5, 5.41) is 2.70. The van der Waals surface area contributed by atoms with Gasteiger partial charge >= 0.3 is 6.09 Å². The molecular formula is C31H34F4N4O4S. The summed E-state index contributed by atoms with van der Waals surface area (Å²) in [7, 11) is -3.28. The van der Waals surface area contributed by atoms with Crippen molar-refractivity contribution in [2.45, 2.75) is 63.4 Å². The maximum atomic E-state index is 14.8. The Balaban J connectivity index is 1.76. The summed E-state index contributed by atoms with van der Waals surface area (Å²) in [6.07, 6.45) is 0.854. The maximum Gasteiger partial charge on any atom is 0.442 e. The number of amides is 2. The zero-order valence-electron chi connectivity index (χ0n) is 25.0. The van der Waals surface area contributed by atoms with E-state index in [2.05, 4.69) is 14.7 Å². The van der Waals surface area contributed by atoms with E-state index in [1.807, 2.05) is 0 Å². The van der Waals surface area contributed by atoms with E-state index in [1.54, 1.807) is 25.7 Å². The van der Waals surface area contributed by atoms with Crippen LogP contribution in [0.2, 0.25) is 0 Å². The molecule has 1 aromatic heterocycles. The third kappa shape index (κ3) is 7.74. The van der Waals surface area contributed by atoms with Gasteiger partial charge in [0, 0.05) is 54.5 Å². The molecule has 1 atom stereocenters. The molecule has 8 nitrogen and oxygen atoms in total. The summed E-state index contributed by atoms with van der Waals surface area (Å²) in [5.41, 5.74) is -0.900. The zero-order valence-corrected chi connectivity index (χ0v) is 25.9. The Labute approximate surface area is 254 Å². The molecule has 1 fully saturated rings. The Morgan fingerprint density at radius 3 is 2.39 bits per heavy atom. The maximum absolute atomic E-state index is 14.8. The van der Waals surface area contributed by atoms with Crippen LogP contribution < -0.4 is 10.2 Å². The summed E-state index contributed by atoms with van der Waals surface area (Å²) < 4.78 is 80.1. The van der Waals surface area contributed by atoms with Gasteiger partial charge in [0.2, 0.25) is 5.92 Å². The van der Waals surface area contributed by atoms with E-state index < -0.39 is 51.3 Å². The predicted molar refractivity (Wildman–Crippen MR) is 161 cm³/mol. The number of hydrogen-bond donors (Lipinski definition) is 1. The van der Waals surface area contributed by atoms with Gasteiger partial charge in [0.25, 0.3) is 5.91 Å². The number of alkyl halides is 2. The fourth-order valence-electron chi connectivity index (χ4n) is 4.86. The first-order valence-corrected chi connectivity index (χ1v) is 15.8. The molecular weight excluding hydrogens is 600 g/mol. The molecule has 0 bridgehead atoms. The highest BCUT2D eigenvalue weighted by Gasteiger charge is 2.34. The lowest BCUT2D eigenvalue weighted by Crippen LogP contribution is -2.30. The van der Waals surface area contributed by atoms with Crippen molar-refractivity contribution >= 4 is 33.2 Å². The number of carbonyl (C=O) groups is 2. The van der Waals surface area contributed by atoms with Gasteiger partial charge in [0.1, 0.15) is 23.1 Å². The molecule has 0 radical (unpaired) electrons. The third-order valence-electron chi connectivity index (χ3n) is 6.97. The molecule has 0 aliphatic carbocycles. The number of pyridine rings is 1. The van der Waals surface area contributed by atoms with Gasteiger partial charge in [0.15, 0.2) is 0 Å². The second-order valence-corrected chi connectivity index (χ2v) is 13.9. The molecule has 1 saturated heterocycles. The van der Waals surface area contributed by atoms with E-state index in [0.717, 1.165) is 12.1 Å². The van der Waals surface area contributed by atoms with E-state index in [9.17, 15) is 31.4 Å². The number of halogens is 4. The van der Waals surface area contributed by atoms with E-state index in [1.165, 1.54) is 49.7 Å². The molecule has 4 rings (SSSR count). The number of nitrogens with zero attached hydrogens (tertiary/aromatic N) is 3. The Kier molecular flexibility index (Phi) is 9.38. The highest BCUT2D eigenvalue weighted by molar-refractivity contribution is 7.93. The lowest BCUT2D eigenvalue weighted by molar-refractivity contribution is -0.0102. The average molecular weight is 635 g/mol. The van der Waals surface area contributed by atoms with Gasteiger partial charge in [-0.05, 0) is 70.0 Å². The number of nitrogens with one attached hydrogen (secondary N) is 1. The molecule has 0 spiro atoms. The molecule has 2 aromatic carbocycles. The second-order valence-electron chi connectivity index (χ2n) is 11.6. The van der Waals surface area contributed by atoms with Crippen molar-refractivity contribution in [2.24, 2.45) is 4.36 Å². The molecule has 2 heterocycles. The summed E-state index contributed by atoms with van der Waals surface area (Å²) in [6.45, 7) is 6.54. The van der Waals surface area contributed by atoms with Gasteiger partial charge in [-0.25, -0.2) is 31.5 Å². The number of hydrogen-bond acceptors (Lipinski definition) is 6. The fraction of sp³-hybridized carbons (Fsp3) is 0.387. The first kappa shape index (κ1) is 32.9. The third-order valence-corrected chi connectivity index (χ3v) is 8.59. The predicted octanol–water partition coefficient (Wildman–Crippen LogP) is 7.60. The van der Waals surface area contributed by atoms with E-state index in [-0.39, 0.29) is 64.6 Å². The van der Waals surface area contributed by atoms with Crippen molar-refractivity contribution in [2.75, 3.05) is 29.6 Å². The molecule has 1 N–H and O–H groups in total. The number of ether oxygens (including phenoxy) is 1. The van der Waals surface area contributed by atoms with Gasteiger partial charge in [0.05, 0.1) is 20.9 Å². The Morgan fingerprint density at radius 1 is 1.07 bits per heavy atom. The zero-order chi connectivity index (χ0) is 32.4. The summed E-state index contributed by atoms with van der Waals surface area (Å²) in [6, 6.07) is 9.25. The van der Waals surface area contributed by atoms with Crippen LogP contribution in [0.3, 0.4) is 0 Å². The second kappa shape index (κ2) is 12.5. The highest BCUT2D eigenvalue weighted by Crippen LogP contribution is 2.36. The SMILES string of the molecule is Cc1c(-c2c(F)cccc2F)cnc(N2CCCC(F)(F)CC2)c1C(=O)Nc1cccc(S(C)(=O)=NC(=O)OC(C)(C)C)c1. The number of rotatable bonds is 5. The van der Waals surface area contributed by atoms with Gasteiger partial charge in [-0.15, -0.1) is 4.36 Å². The summed E-state index contributed by atoms with van der Waals surface area (Å²) in [4.78, 5) is 32.2. The number of aromatic nitrogens is 1. The lowest BCUT2D eigenvalue weighted by Gasteiger charge is -2.26. The number of anilines is 2. The molecule has 1 unspecified atom stereocenters. The van der Waals surface area contributed by atoms with Crippen LogP contribution in [0, 0.1) is 18.6 Å². The van der Waals surface area contributed by atoms with Crippen molar-refractivity contribution in [3.05, 3.63) is 71.4 Å². The van der Waals surface area contributed by atoms with Crippen LogP contribution >= 0.6 is 0 Å². The summed E-state index contributed by atoms with van der Waals surface area (Å²) >= 11 is 0. The summed E-state index contributed by atoms with van der Waals surface area (Å²) in [5.74, 6) is -5.23.